The SMILES string of the molecule is Cc1ccccc1OCC(=O)N1CCC(C2OCCO2)CC1. The molecule has 2 saturated heterocycles. The van der Waals surface area contributed by atoms with E-state index in [4.69, 9.17) is 14.2 Å². The van der Waals surface area contributed by atoms with Gasteiger partial charge in [0, 0.05) is 19.0 Å². The van der Waals surface area contributed by atoms with Crippen LogP contribution in [0, 0.1) is 12.8 Å². The van der Waals surface area contributed by atoms with Crippen molar-refractivity contribution in [1.29, 1.82) is 0 Å². The molecule has 0 spiro atoms. The van der Waals surface area contributed by atoms with Gasteiger partial charge in [0.1, 0.15) is 5.75 Å². The average molecular weight is 305 g/mol. The molecular formula is C17H23NO4. The van der Waals surface area contributed by atoms with E-state index in [0.29, 0.717) is 19.1 Å². The second kappa shape index (κ2) is 7.11. The number of carbonyl (C=O) groups is 1. The number of hydrogen-bond acceptors (Lipinski definition) is 4. The van der Waals surface area contributed by atoms with Crippen LogP contribution in [-0.2, 0) is 14.3 Å². The van der Waals surface area contributed by atoms with Gasteiger partial charge in [0.2, 0.25) is 0 Å². The fraction of sp³-hybridized carbons (Fsp3) is 0.588. The fourth-order valence-electron chi connectivity index (χ4n) is 3.02. The maximum absolute atomic E-state index is 12.2. The molecule has 120 valence electrons. The first-order chi connectivity index (χ1) is 10.7. The fourth-order valence-corrected chi connectivity index (χ4v) is 3.02. The summed E-state index contributed by atoms with van der Waals surface area (Å²) in [4.78, 5) is 14.1. The quantitative estimate of drug-likeness (QED) is 0.853. The summed E-state index contributed by atoms with van der Waals surface area (Å²) >= 11 is 0. The van der Waals surface area contributed by atoms with Crippen molar-refractivity contribution in [3.8, 4) is 5.75 Å². The number of carbonyl (C=O) groups excluding carboxylic acids is 1. The summed E-state index contributed by atoms with van der Waals surface area (Å²) in [6.07, 6.45) is 1.79. The number of para-hydroxylation sites is 1. The van der Waals surface area contributed by atoms with Crippen molar-refractivity contribution in [3.05, 3.63) is 29.8 Å². The molecule has 0 aliphatic carbocycles. The van der Waals surface area contributed by atoms with Crippen molar-refractivity contribution in [2.75, 3.05) is 32.9 Å². The molecule has 0 unspecified atom stereocenters. The number of amides is 1. The summed E-state index contributed by atoms with van der Waals surface area (Å²) in [5, 5.41) is 0. The van der Waals surface area contributed by atoms with Gasteiger partial charge in [-0.3, -0.25) is 4.79 Å². The predicted octanol–water partition coefficient (Wildman–Crippen LogP) is 1.99. The monoisotopic (exact) mass is 305 g/mol. The number of rotatable bonds is 4. The highest BCUT2D eigenvalue weighted by Gasteiger charge is 2.31. The molecule has 1 aromatic rings. The van der Waals surface area contributed by atoms with E-state index in [1.54, 1.807) is 0 Å². The van der Waals surface area contributed by atoms with Gasteiger partial charge in [-0.2, -0.15) is 0 Å². The number of hydrogen-bond donors (Lipinski definition) is 0. The van der Waals surface area contributed by atoms with Gasteiger partial charge in [0.25, 0.3) is 5.91 Å². The van der Waals surface area contributed by atoms with Crippen LogP contribution in [0.15, 0.2) is 24.3 Å². The first kappa shape index (κ1) is 15.3. The first-order valence-electron chi connectivity index (χ1n) is 7.93. The Hall–Kier alpha value is -1.59. The van der Waals surface area contributed by atoms with Crippen molar-refractivity contribution >= 4 is 5.91 Å². The number of ether oxygens (including phenoxy) is 3. The van der Waals surface area contributed by atoms with E-state index in [9.17, 15) is 4.79 Å². The molecule has 1 amide bonds. The Morgan fingerprint density at radius 1 is 1.23 bits per heavy atom. The van der Waals surface area contributed by atoms with Gasteiger partial charge in [-0.15, -0.1) is 0 Å². The molecule has 0 aromatic heterocycles. The third kappa shape index (κ3) is 3.59. The minimum Gasteiger partial charge on any atom is -0.484 e. The predicted molar refractivity (Wildman–Crippen MR) is 81.7 cm³/mol. The summed E-state index contributed by atoms with van der Waals surface area (Å²) in [5.41, 5.74) is 1.05. The Morgan fingerprint density at radius 2 is 1.91 bits per heavy atom. The van der Waals surface area contributed by atoms with E-state index in [2.05, 4.69) is 0 Å². The largest absolute Gasteiger partial charge is 0.484 e. The topological polar surface area (TPSA) is 48.0 Å². The zero-order valence-electron chi connectivity index (χ0n) is 13.0. The average Bonchev–Trinajstić information content (AvgIpc) is 3.08. The third-order valence-corrected chi connectivity index (χ3v) is 4.37. The molecule has 2 aliphatic rings. The van der Waals surface area contributed by atoms with Gasteiger partial charge in [-0.1, -0.05) is 18.2 Å². The molecule has 0 bridgehead atoms. The number of aryl methyl sites for hydroxylation is 1. The summed E-state index contributed by atoms with van der Waals surface area (Å²) < 4.78 is 16.8. The Morgan fingerprint density at radius 3 is 2.59 bits per heavy atom. The smallest absolute Gasteiger partial charge is 0.260 e. The lowest BCUT2D eigenvalue weighted by Gasteiger charge is -2.33. The summed E-state index contributed by atoms with van der Waals surface area (Å²) in [6.45, 7) is 4.97. The second-order valence-electron chi connectivity index (χ2n) is 5.88. The zero-order valence-corrected chi connectivity index (χ0v) is 13.0. The molecule has 2 fully saturated rings. The lowest BCUT2D eigenvalue weighted by atomic mass is 9.96. The standard InChI is InChI=1S/C17H23NO4/c1-13-4-2-3-5-15(13)22-12-16(19)18-8-6-14(7-9-18)17-20-10-11-21-17/h2-5,14,17H,6-12H2,1H3. The molecule has 22 heavy (non-hydrogen) atoms. The van der Waals surface area contributed by atoms with E-state index in [1.165, 1.54) is 0 Å². The number of benzene rings is 1. The number of likely N-dealkylation sites (tertiary alicyclic amines) is 1. The van der Waals surface area contributed by atoms with Crippen LogP contribution in [0.3, 0.4) is 0 Å². The molecule has 3 rings (SSSR count). The first-order valence-corrected chi connectivity index (χ1v) is 7.93. The Kier molecular flexibility index (Phi) is 4.95. The van der Waals surface area contributed by atoms with Crippen molar-refractivity contribution in [1.82, 2.24) is 4.90 Å². The normalized spacial score (nSPS) is 20.3. The van der Waals surface area contributed by atoms with E-state index in [1.807, 2.05) is 36.1 Å². The molecule has 0 N–H and O–H groups in total. The lowest BCUT2D eigenvalue weighted by molar-refractivity contribution is -0.138. The van der Waals surface area contributed by atoms with Crippen molar-refractivity contribution < 1.29 is 19.0 Å². The van der Waals surface area contributed by atoms with E-state index >= 15 is 0 Å². The number of piperidine rings is 1. The highest BCUT2D eigenvalue weighted by atomic mass is 16.7. The van der Waals surface area contributed by atoms with Crippen LogP contribution in [0.1, 0.15) is 18.4 Å². The third-order valence-electron chi connectivity index (χ3n) is 4.37. The van der Waals surface area contributed by atoms with E-state index in [0.717, 1.165) is 37.2 Å². The second-order valence-corrected chi connectivity index (χ2v) is 5.88. The molecule has 0 saturated carbocycles. The van der Waals surface area contributed by atoms with Gasteiger partial charge < -0.3 is 19.1 Å². The summed E-state index contributed by atoms with van der Waals surface area (Å²) in [7, 11) is 0. The van der Waals surface area contributed by atoms with Crippen LogP contribution < -0.4 is 4.74 Å². The minimum absolute atomic E-state index is 0.0509. The maximum Gasteiger partial charge on any atom is 0.260 e. The van der Waals surface area contributed by atoms with Crippen LogP contribution in [0.2, 0.25) is 0 Å². The molecule has 2 aliphatic heterocycles. The summed E-state index contributed by atoms with van der Waals surface area (Å²) in [5.74, 6) is 1.23. The Bertz CT molecular complexity index is 505. The minimum atomic E-state index is -0.0690. The van der Waals surface area contributed by atoms with Crippen LogP contribution in [0.5, 0.6) is 5.75 Å². The van der Waals surface area contributed by atoms with Crippen LogP contribution in [0.25, 0.3) is 0 Å². The van der Waals surface area contributed by atoms with Crippen LogP contribution >= 0.6 is 0 Å². The van der Waals surface area contributed by atoms with Gasteiger partial charge >= 0.3 is 0 Å². The Balaban J connectivity index is 1.45. The molecule has 0 radical (unpaired) electrons. The molecule has 2 heterocycles. The highest BCUT2D eigenvalue weighted by Crippen LogP contribution is 2.26. The van der Waals surface area contributed by atoms with Gasteiger partial charge in [0.05, 0.1) is 13.2 Å². The molecule has 0 atom stereocenters. The maximum atomic E-state index is 12.2. The van der Waals surface area contributed by atoms with Crippen molar-refractivity contribution in [2.45, 2.75) is 26.1 Å². The summed E-state index contributed by atoms with van der Waals surface area (Å²) in [6, 6.07) is 7.75. The molecular weight excluding hydrogens is 282 g/mol. The van der Waals surface area contributed by atoms with Crippen molar-refractivity contribution in [3.63, 3.8) is 0 Å². The van der Waals surface area contributed by atoms with Gasteiger partial charge in [-0.05, 0) is 31.4 Å². The van der Waals surface area contributed by atoms with Crippen LogP contribution in [-0.4, -0.2) is 50.0 Å². The Labute approximate surface area is 131 Å². The molecule has 5 heteroatoms. The molecule has 5 nitrogen and oxygen atoms in total. The number of nitrogens with zero attached hydrogens (tertiary/aromatic N) is 1. The van der Waals surface area contributed by atoms with E-state index < -0.39 is 0 Å². The zero-order chi connectivity index (χ0) is 15.4. The highest BCUT2D eigenvalue weighted by molar-refractivity contribution is 5.77. The van der Waals surface area contributed by atoms with Crippen LogP contribution in [0.4, 0.5) is 0 Å². The van der Waals surface area contributed by atoms with E-state index in [-0.39, 0.29) is 18.8 Å². The van der Waals surface area contributed by atoms with Crippen molar-refractivity contribution in [2.24, 2.45) is 5.92 Å². The van der Waals surface area contributed by atoms with Gasteiger partial charge in [-0.25, -0.2) is 0 Å². The van der Waals surface area contributed by atoms with Gasteiger partial charge in [0.15, 0.2) is 12.9 Å². The lowest BCUT2D eigenvalue weighted by Crippen LogP contribution is -2.43. The molecule has 1 aromatic carbocycles.